The average Bonchev–Trinajstić information content (AvgIpc) is 3.60. The van der Waals surface area contributed by atoms with E-state index >= 15 is 0 Å². The first-order valence-electron chi connectivity index (χ1n) is 14.9. The first kappa shape index (κ1) is 32.5. The number of benzene rings is 2. The Kier molecular flexibility index (Phi) is 11.6. The number of hydrogen-bond donors (Lipinski definition) is 4. The number of carbonyl (C=O) groups excluding carboxylic acids is 2. The van der Waals surface area contributed by atoms with Gasteiger partial charge in [-0.05, 0) is 49.6 Å². The number of nitrogens with zero attached hydrogens (tertiary/aromatic N) is 2. The maximum absolute atomic E-state index is 12.9. The van der Waals surface area contributed by atoms with Crippen LogP contribution in [0, 0.1) is 0 Å². The normalized spacial score (nSPS) is 17.1. The van der Waals surface area contributed by atoms with Crippen molar-refractivity contribution in [3.63, 3.8) is 0 Å². The van der Waals surface area contributed by atoms with Gasteiger partial charge < -0.3 is 30.8 Å². The summed E-state index contributed by atoms with van der Waals surface area (Å²) in [4.78, 5) is 38.8. The minimum atomic E-state index is -0.931. The maximum Gasteiger partial charge on any atom is 0.352 e. The van der Waals surface area contributed by atoms with Crippen LogP contribution >= 0.6 is 11.6 Å². The van der Waals surface area contributed by atoms with Crippen molar-refractivity contribution >= 4 is 40.3 Å². The maximum atomic E-state index is 12.9. The Morgan fingerprint density at radius 2 is 1.77 bits per heavy atom. The number of aromatic carboxylic acids is 1. The topological polar surface area (TPSA) is 139 Å². The Balaban J connectivity index is 0.000000251. The van der Waals surface area contributed by atoms with Gasteiger partial charge in [-0.2, -0.15) is 0 Å². The molecule has 5 N–H and O–H groups in total. The minimum Gasteiger partial charge on any atom is -0.477 e. The summed E-state index contributed by atoms with van der Waals surface area (Å²) in [5.74, 6) is -1.29. The highest BCUT2D eigenvalue weighted by Crippen LogP contribution is 2.27. The van der Waals surface area contributed by atoms with Crippen LogP contribution in [0.1, 0.15) is 48.2 Å². The summed E-state index contributed by atoms with van der Waals surface area (Å²) in [6, 6.07) is 16.1. The summed E-state index contributed by atoms with van der Waals surface area (Å²) in [6.45, 7) is 4.96. The zero-order valence-corrected chi connectivity index (χ0v) is 25.4. The second kappa shape index (κ2) is 15.3. The molecular formula is C32H42ClN5O5. The number of nitrogens with one attached hydrogen (secondary N) is 2. The van der Waals surface area contributed by atoms with E-state index in [1.807, 2.05) is 36.4 Å². The Hall–Kier alpha value is -3.44. The lowest BCUT2D eigenvalue weighted by Gasteiger charge is -2.27. The molecule has 10 nitrogen and oxygen atoms in total. The quantitative estimate of drug-likeness (QED) is 0.258. The molecule has 1 aromatic heterocycles. The smallest absolute Gasteiger partial charge is 0.352 e. The predicted molar refractivity (Wildman–Crippen MR) is 167 cm³/mol. The zero-order valence-electron chi connectivity index (χ0n) is 24.7. The van der Waals surface area contributed by atoms with Gasteiger partial charge in [-0.25, -0.2) is 4.79 Å². The Bertz CT molecular complexity index is 1380. The second-order valence-corrected chi connectivity index (χ2v) is 11.7. The molecule has 5 rings (SSSR count). The van der Waals surface area contributed by atoms with E-state index in [-0.39, 0.29) is 17.5 Å². The number of carboxylic acids is 1. The molecule has 0 spiro atoms. The largest absolute Gasteiger partial charge is 0.477 e. The van der Waals surface area contributed by atoms with Crippen LogP contribution in [0.4, 0.5) is 0 Å². The molecule has 232 valence electrons. The summed E-state index contributed by atoms with van der Waals surface area (Å²) in [6.07, 6.45) is 4.61. The molecule has 2 heterocycles. The lowest BCUT2D eigenvalue weighted by atomic mass is 9.96. The van der Waals surface area contributed by atoms with Crippen molar-refractivity contribution in [2.75, 3.05) is 39.4 Å². The van der Waals surface area contributed by atoms with Crippen LogP contribution in [0.25, 0.3) is 10.9 Å². The van der Waals surface area contributed by atoms with E-state index in [2.05, 4.69) is 15.5 Å². The van der Waals surface area contributed by atoms with Gasteiger partial charge in [-0.15, -0.1) is 0 Å². The number of carboxylic acid groups (broad SMARTS) is 1. The van der Waals surface area contributed by atoms with Crippen molar-refractivity contribution in [1.29, 1.82) is 0 Å². The summed E-state index contributed by atoms with van der Waals surface area (Å²) < 4.78 is 6.97. The monoisotopic (exact) mass is 611 g/mol. The van der Waals surface area contributed by atoms with Crippen molar-refractivity contribution in [3.05, 3.63) is 70.9 Å². The number of fused-ring (bicyclic) bond motifs is 1. The van der Waals surface area contributed by atoms with Gasteiger partial charge in [0.1, 0.15) is 11.7 Å². The first-order valence-corrected chi connectivity index (χ1v) is 15.2. The molecule has 43 heavy (non-hydrogen) atoms. The molecule has 1 aliphatic carbocycles. The summed E-state index contributed by atoms with van der Waals surface area (Å²) >= 11 is 5.82. The van der Waals surface area contributed by atoms with Crippen LogP contribution < -0.4 is 16.4 Å². The molecule has 0 radical (unpaired) electrons. The van der Waals surface area contributed by atoms with Crippen LogP contribution in [-0.4, -0.2) is 83.3 Å². The van der Waals surface area contributed by atoms with E-state index < -0.39 is 17.6 Å². The molecule has 1 saturated carbocycles. The van der Waals surface area contributed by atoms with Gasteiger partial charge in [0.15, 0.2) is 0 Å². The van der Waals surface area contributed by atoms with E-state index in [1.165, 1.54) is 0 Å². The van der Waals surface area contributed by atoms with Crippen LogP contribution in [0.15, 0.2) is 54.6 Å². The van der Waals surface area contributed by atoms with Gasteiger partial charge in [0.2, 0.25) is 11.8 Å². The second-order valence-electron chi connectivity index (χ2n) is 11.3. The number of aromatic nitrogens is 1. The third-order valence-electron chi connectivity index (χ3n) is 8.13. The molecule has 2 aromatic carbocycles. The molecule has 1 saturated heterocycles. The van der Waals surface area contributed by atoms with E-state index in [0.29, 0.717) is 30.8 Å². The SMILES string of the molecule is Cn1c(C(=O)O)cc2ccc(Cl)cc21.NC1(C(=O)N[C@H](Cc2ccccc2)C(=O)NCCCN2CCOCC2)CCCC1. The number of amides is 2. The fraction of sp³-hybridized carbons (Fsp3) is 0.469. The molecule has 0 bridgehead atoms. The molecule has 2 fully saturated rings. The fourth-order valence-corrected chi connectivity index (χ4v) is 5.73. The van der Waals surface area contributed by atoms with Gasteiger partial charge >= 0.3 is 5.97 Å². The summed E-state index contributed by atoms with van der Waals surface area (Å²) in [5.41, 5.74) is 7.55. The van der Waals surface area contributed by atoms with Gasteiger partial charge in [-0.3, -0.25) is 14.5 Å². The fourth-order valence-electron chi connectivity index (χ4n) is 5.56. The number of rotatable bonds is 10. The molecule has 2 amide bonds. The first-order chi connectivity index (χ1) is 20.7. The summed E-state index contributed by atoms with van der Waals surface area (Å²) in [7, 11) is 1.71. The van der Waals surface area contributed by atoms with Gasteiger partial charge in [0, 0.05) is 49.0 Å². The molecule has 1 atom stereocenters. The van der Waals surface area contributed by atoms with Crippen LogP contribution in [0.2, 0.25) is 5.02 Å². The number of nitrogens with two attached hydrogens (primary N) is 1. The highest BCUT2D eigenvalue weighted by Gasteiger charge is 2.38. The number of ether oxygens (including phenoxy) is 1. The highest BCUT2D eigenvalue weighted by atomic mass is 35.5. The van der Waals surface area contributed by atoms with Crippen LogP contribution in [0.5, 0.6) is 0 Å². The van der Waals surface area contributed by atoms with E-state index in [0.717, 1.165) is 68.6 Å². The standard InChI is InChI=1S/C22H34N4O3.C10H8ClNO2/c23-22(9-4-5-10-22)21(28)25-19(17-18-7-2-1-3-8-18)20(27)24-11-6-12-26-13-15-29-16-14-26;1-12-8-5-7(11)3-2-6(8)4-9(12)10(13)14/h1-3,7-8,19H,4-6,9-17,23H2,(H,24,27)(H,25,28);2-5H,1H3,(H,13,14)/t19-;/m1./s1. The number of hydrogen-bond acceptors (Lipinski definition) is 6. The third-order valence-corrected chi connectivity index (χ3v) is 8.37. The molecular weight excluding hydrogens is 570 g/mol. The Labute approximate surface area is 257 Å². The number of aryl methyl sites for hydroxylation is 1. The Morgan fingerprint density at radius 3 is 2.44 bits per heavy atom. The minimum absolute atomic E-state index is 0.147. The molecule has 1 aliphatic heterocycles. The molecule has 2 aliphatic rings. The number of morpholine rings is 1. The zero-order chi connectivity index (χ0) is 30.8. The van der Waals surface area contributed by atoms with Gasteiger partial charge in [0.25, 0.3) is 0 Å². The summed E-state index contributed by atoms with van der Waals surface area (Å²) in [5, 5.41) is 16.3. The van der Waals surface area contributed by atoms with E-state index in [1.54, 1.807) is 29.8 Å². The van der Waals surface area contributed by atoms with E-state index in [9.17, 15) is 14.4 Å². The molecule has 11 heteroatoms. The number of halogens is 1. The van der Waals surface area contributed by atoms with Gasteiger partial charge in [0.05, 0.1) is 18.8 Å². The van der Waals surface area contributed by atoms with Crippen molar-refractivity contribution in [2.24, 2.45) is 12.8 Å². The van der Waals surface area contributed by atoms with Crippen molar-refractivity contribution in [1.82, 2.24) is 20.1 Å². The van der Waals surface area contributed by atoms with Crippen molar-refractivity contribution in [2.45, 2.75) is 50.1 Å². The lowest BCUT2D eigenvalue weighted by Crippen LogP contribution is -2.58. The predicted octanol–water partition coefficient (Wildman–Crippen LogP) is 3.35. The van der Waals surface area contributed by atoms with Crippen LogP contribution in [0.3, 0.4) is 0 Å². The number of carbonyl (C=O) groups is 3. The van der Waals surface area contributed by atoms with E-state index in [4.69, 9.17) is 27.2 Å². The lowest BCUT2D eigenvalue weighted by molar-refractivity contribution is -0.131. The van der Waals surface area contributed by atoms with Crippen molar-refractivity contribution < 1.29 is 24.2 Å². The van der Waals surface area contributed by atoms with Crippen LogP contribution in [-0.2, 0) is 27.8 Å². The average molecular weight is 612 g/mol. The third kappa shape index (κ3) is 9.03. The highest BCUT2D eigenvalue weighted by molar-refractivity contribution is 6.31. The van der Waals surface area contributed by atoms with Gasteiger partial charge in [-0.1, -0.05) is 60.8 Å². The Morgan fingerprint density at radius 1 is 1.07 bits per heavy atom. The molecule has 0 unspecified atom stereocenters. The van der Waals surface area contributed by atoms with Crippen molar-refractivity contribution in [3.8, 4) is 0 Å². The molecule has 3 aromatic rings.